The molecule has 0 spiro atoms. The molecule has 0 aliphatic rings. The Labute approximate surface area is 144 Å². The van der Waals surface area contributed by atoms with E-state index >= 15 is 0 Å². The number of fused-ring (bicyclic) bond motifs is 1. The molecule has 3 heterocycles. The number of nitriles is 1. The van der Waals surface area contributed by atoms with Gasteiger partial charge < -0.3 is 10.3 Å². The molecule has 0 amide bonds. The van der Waals surface area contributed by atoms with Gasteiger partial charge in [0.2, 0.25) is 0 Å². The molecule has 0 radical (unpaired) electrons. The molecule has 25 heavy (non-hydrogen) atoms. The predicted octanol–water partition coefficient (Wildman–Crippen LogP) is 2.91. The number of aryl methyl sites for hydroxylation is 1. The largest absolute Gasteiger partial charge is 0.365 e. The van der Waals surface area contributed by atoms with Gasteiger partial charge in [0.25, 0.3) is 0 Å². The van der Waals surface area contributed by atoms with Gasteiger partial charge in [-0.25, -0.2) is 9.97 Å². The van der Waals surface area contributed by atoms with E-state index in [-0.39, 0.29) is 0 Å². The molecular weight excluding hydrogens is 314 g/mol. The van der Waals surface area contributed by atoms with E-state index in [0.29, 0.717) is 12.1 Å². The molecule has 2 N–H and O–H groups in total. The van der Waals surface area contributed by atoms with Crippen LogP contribution < -0.4 is 5.32 Å². The van der Waals surface area contributed by atoms with E-state index in [2.05, 4.69) is 31.3 Å². The summed E-state index contributed by atoms with van der Waals surface area (Å²) in [6.45, 7) is 2.52. The van der Waals surface area contributed by atoms with Crippen molar-refractivity contribution in [3.63, 3.8) is 0 Å². The summed E-state index contributed by atoms with van der Waals surface area (Å²) in [7, 11) is 0. The lowest BCUT2D eigenvalue weighted by molar-refractivity contribution is 1.07. The van der Waals surface area contributed by atoms with Gasteiger partial charge in [0, 0.05) is 18.9 Å². The molecule has 0 unspecified atom stereocenters. The van der Waals surface area contributed by atoms with Crippen LogP contribution in [0.3, 0.4) is 0 Å². The Morgan fingerprint density at radius 2 is 2.08 bits per heavy atom. The van der Waals surface area contributed by atoms with Crippen molar-refractivity contribution in [2.75, 3.05) is 5.32 Å². The van der Waals surface area contributed by atoms with Crippen molar-refractivity contribution >= 4 is 11.5 Å². The molecule has 122 valence electrons. The second kappa shape index (κ2) is 6.09. The molecule has 4 rings (SSSR count). The second-order valence-corrected chi connectivity index (χ2v) is 5.66. The summed E-state index contributed by atoms with van der Waals surface area (Å²) in [6.07, 6.45) is 7.09. The summed E-state index contributed by atoms with van der Waals surface area (Å²) in [5.74, 6) is 1.70. The van der Waals surface area contributed by atoms with Crippen molar-refractivity contribution in [1.29, 1.82) is 5.26 Å². The van der Waals surface area contributed by atoms with Crippen molar-refractivity contribution in [2.45, 2.75) is 13.5 Å². The Balaban J connectivity index is 1.70. The number of H-pyrrole nitrogens is 1. The predicted molar refractivity (Wildman–Crippen MR) is 93.8 cm³/mol. The Morgan fingerprint density at radius 3 is 2.80 bits per heavy atom. The first-order valence-corrected chi connectivity index (χ1v) is 7.81. The lowest BCUT2D eigenvalue weighted by atomic mass is 10.1. The number of imidazole rings is 2. The van der Waals surface area contributed by atoms with Gasteiger partial charge in [-0.15, -0.1) is 0 Å². The third-order valence-corrected chi connectivity index (χ3v) is 3.93. The van der Waals surface area contributed by atoms with Crippen LogP contribution in [-0.2, 0) is 6.54 Å². The van der Waals surface area contributed by atoms with Gasteiger partial charge >= 0.3 is 0 Å². The van der Waals surface area contributed by atoms with E-state index in [0.717, 1.165) is 34.2 Å². The van der Waals surface area contributed by atoms with Crippen LogP contribution in [0.2, 0.25) is 0 Å². The first-order chi connectivity index (χ1) is 12.2. The molecule has 0 fully saturated rings. The second-order valence-electron chi connectivity index (χ2n) is 5.66. The zero-order chi connectivity index (χ0) is 17.2. The summed E-state index contributed by atoms with van der Waals surface area (Å²) in [5.41, 5.74) is 4.13. The first-order valence-electron chi connectivity index (χ1n) is 7.81. The van der Waals surface area contributed by atoms with E-state index in [4.69, 9.17) is 5.26 Å². The molecule has 0 aliphatic heterocycles. The van der Waals surface area contributed by atoms with E-state index in [9.17, 15) is 0 Å². The highest BCUT2D eigenvalue weighted by molar-refractivity contribution is 5.73. The van der Waals surface area contributed by atoms with Crippen LogP contribution in [-0.4, -0.2) is 24.3 Å². The highest BCUT2D eigenvalue weighted by Crippen LogP contribution is 2.27. The average Bonchev–Trinajstić information content (AvgIpc) is 3.24. The first kappa shape index (κ1) is 14.9. The van der Waals surface area contributed by atoms with Crippen molar-refractivity contribution in [2.24, 2.45) is 0 Å². The summed E-state index contributed by atoms with van der Waals surface area (Å²) in [4.78, 5) is 16.3. The third-order valence-electron chi connectivity index (χ3n) is 3.93. The van der Waals surface area contributed by atoms with Crippen LogP contribution in [0.15, 0.2) is 49.1 Å². The Kier molecular flexibility index (Phi) is 3.63. The molecule has 1 aromatic carbocycles. The minimum atomic E-state index is 0.613. The SMILES string of the molecule is Cc1ncc(-c2nc3cnccn3c2NCc2ccc(C#N)cc2)[nH]1. The summed E-state index contributed by atoms with van der Waals surface area (Å²) >= 11 is 0. The van der Waals surface area contributed by atoms with E-state index in [1.165, 1.54) is 0 Å². The zero-order valence-corrected chi connectivity index (χ0v) is 13.6. The Morgan fingerprint density at radius 1 is 1.24 bits per heavy atom. The smallest absolute Gasteiger partial charge is 0.157 e. The van der Waals surface area contributed by atoms with E-state index < -0.39 is 0 Å². The number of hydrogen-bond donors (Lipinski definition) is 2. The summed E-state index contributed by atoms with van der Waals surface area (Å²) < 4.78 is 1.96. The Hall–Kier alpha value is -3.66. The fourth-order valence-corrected chi connectivity index (χ4v) is 2.69. The normalized spacial score (nSPS) is 10.7. The van der Waals surface area contributed by atoms with Gasteiger partial charge in [-0.1, -0.05) is 12.1 Å². The lowest BCUT2D eigenvalue weighted by Gasteiger charge is -2.08. The molecule has 4 aromatic rings. The zero-order valence-electron chi connectivity index (χ0n) is 13.6. The van der Waals surface area contributed by atoms with Crippen LogP contribution in [0.4, 0.5) is 5.82 Å². The molecule has 0 saturated heterocycles. The number of aromatic amines is 1. The molecule has 7 nitrogen and oxygen atoms in total. The van der Waals surface area contributed by atoms with Crippen molar-refractivity contribution in [3.8, 4) is 17.5 Å². The number of anilines is 1. The molecule has 0 saturated carbocycles. The van der Waals surface area contributed by atoms with Gasteiger partial charge in [0.15, 0.2) is 5.65 Å². The fraction of sp³-hybridized carbons (Fsp3) is 0.111. The topological polar surface area (TPSA) is 94.7 Å². The van der Waals surface area contributed by atoms with Gasteiger partial charge in [-0.2, -0.15) is 5.26 Å². The molecule has 0 aliphatic carbocycles. The van der Waals surface area contributed by atoms with Crippen LogP contribution in [0.1, 0.15) is 17.0 Å². The molecule has 3 aromatic heterocycles. The van der Waals surface area contributed by atoms with E-state index in [1.54, 1.807) is 18.6 Å². The standard InChI is InChI=1S/C18H15N7/c1-12-21-10-15(23-12)17-18(25-7-6-20-11-16(25)24-17)22-9-14-4-2-13(8-19)3-5-14/h2-7,10-11,22H,9H2,1H3,(H,21,23). The van der Waals surface area contributed by atoms with Crippen LogP contribution in [0.25, 0.3) is 17.0 Å². The number of rotatable bonds is 4. The van der Waals surface area contributed by atoms with Gasteiger partial charge in [-0.3, -0.25) is 9.38 Å². The minimum Gasteiger partial charge on any atom is -0.365 e. The minimum absolute atomic E-state index is 0.613. The highest BCUT2D eigenvalue weighted by Gasteiger charge is 2.15. The van der Waals surface area contributed by atoms with E-state index in [1.807, 2.05) is 41.8 Å². The molecule has 0 bridgehead atoms. The third kappa shape index (κ3) is 2.81. The monoisotopic (exact) mass is 329 g/mol. The summed E-state index contributed by atoms with van der Waals surface area (Å²) in [6, 6.07) is 9.64. The molecule has 7 heteroatoms. The van der Waals surface area contributed by atoms with Crippen molar-refractivity contribution in [3.05, 3.63) is 66.0 Å². The van der Waals surface area contributed by atoms with Gasteiger partial charge in [0.1, 0.15) is 17.3 Å². The molecular formula is C18H15N7. The van der Waals surface area contributed by atoms with Crippen molar-refractivity contribution in [1.82, 2.24) is 24.3 Å². The maximum Gasteiger partial charge on any atom is 0.157 e. The number of nitrogens with one attached hydrogen (secondary N) is 2. The number of aromatic nitrogens is 5. The fourth-order valence-electron chi connectivity index (χ4n) is 2.69. The van der Waals surface area contributed by atoms with Crippen molar-refractivity contribution < 1.29 is 0 Å². The number of hydrogen-bond acceptors (Lipinski definition) is 5. The lowest BCUT2D eigenvalue weighted by Crippen LogP contribution is -2.03. The number of benzene rings is 1. The van der Waals surface area contributed by atoms with Gasteiger partial charge in [0.05, 0.1) is 29.7 Å². The highest BCUT2D eigenvalue weighted by atomic mass is 15.1. The van der Waals surface area contributed by atoms with Gasteiger partial charge in [-0.05, 0) is 24.6 Å². The summed E-state index contributed by atoms with van der Waals surface area (Å²) in [5, 5.41) is 12.3. The quantitative estimate of drug-likeness (QED) is 0.600. The van der Waals surface area contributed by atoms with Crippen LogP contribution in [0.5, 0.6) is 0 Å². The Bertz CT molecular complexity index is 1070. The maximum atomic E-state index is 8.90. The average molecular weight is 329 g/mol. The molecule has 0 atom stereocenters. The van der Waals surface area contributed by atoms with Crippen LogP contribution >= 0.6 is 0 Å². The van der Waals surface area contributed by atoms with Crippen LogP contribution in [0, 0.1) is 18.3 Å². The number of nitrogens with zero attached hydrogens (tertiary/aromatic N) is 5. The maximum absolute atomic E-state index is 8.90.